The second-order valence-corrected chi connectivity index (χ2v) is 6.33. The second kappa shape index (κ2) is 7.98. The maximum atomic E-state index is 11.9. The molecule has 2 N–H and O–H groups in total. The number of rotatable bonds is 6. The van der Waals surface area contributed by atoms with E-state index in [9.17, 15) is 9.90 Å². The zero-order valence-electron chi connectivity index (χ0n) is 10.9. The zero-order valence-corrected chi connectivity index (χ0v) is 11.8. The van der Waals surface area contributed by atoms with Crippen molar-refractivity contribution in [2.75, 3.05) is 5.75 Å². The highest BCUT2D eigenvalue weighted by Crippen LogP contribution is 2.19. The van der Waals surface area contributed by atoms with E-state index >= 15 is 0 Å². The van der Waals surface area contributed by atoms with Gasteiger partial charge in [0, 0.05) is 6.04 Å². The van der Waals surface area contributed by atoms with Crippen molar-refractivity contribution in [1.29, 1.82) is 0 Å². The Labute approximate surface area is 109 Å². The fourth-order valence-electron chi connectivity index (χ4n) is 2.02. The standard InChI is InChI=1S/C13H25NO2S/c1-3-4-9-17-10(2)13(16)14-11-5-7-12(15)8-6-11/h10-12,15H,3-9H2,1-2H3,(H,14,16). The molecule has 3 nitrogen and oxygen atoms in total. The van der Waals surface area contributed by atoms with Gasteiger partial charge in [-0.15, -0.1) is 11.8 Å². The van der Waals surface area contributed by atoms with Crippen LogP contribution < -0.4 is 5.32 Å². The summed E-state index contributed by atoms with van der Waals surface area (Å²) in [7, 11) is 0. The van der Waals surface area contributed by atoms with Gasteiger partial charge in [-0.25, -0.2) is 0 Å². The molecule has 0 aromatic heterocycles. The molecule has 1 amide bonds. The molecule has 0 heterocycles. The first-order valence-corrected chi connectivity index (χ1v) is 7.78. The van der Waals surface area contributed by atoms with Gasteiger partial charge in [-0.2, -0.15) is 0 Å². The molecule has 1 rings (SSSR count). The molecular formula is C13H25NO2S. The lowest BCUT2D eigenvalue weighted by atomic mass is 9.93. The van der Waals surface area contributed by atoms with Crippen LogP contribution >= 0.6 is 11.8 Å². The molecule has 1 saturated carbocycles. The van der Waals surface area contributed by atoms with E-state index in [1.165, 1.54) is 12.8 Å². The molecule has 0 bridgehead atoms. The van der Waals surface area contributed by atoms with Crippen molar-refractivity contribution in [1.82, 2.24) is 5.32 Å². The van der Waals surface area contributed by atoms with Gasteiger partial charge >= 0.3 is 0 Å². The minimum atomic E-state index is -0.153. The lowest BCUT2D eigenvalue weighted by molar-refractivity contribution is -0.121. The SMILES string of the molecule is CCCCSC(C)C(=O)NC1CCC(O)CC1. The van der Waals surface area contributed by atoms with E-state index in [2.05, 4.69) is 12.2 Å². The van der Waals surface area contributed by atoms with Gasteiger partial charge in [0.05, 0.1) is 11.4 Å². The summed E-state index contributed by atoms with van der Waals surface area (Å²) in [4.78, 5) is 11.9. The average molecular weight is 259 g/mol. The minimum Gasteiger partial charge on any atom is -0.393 e. The van der Waals surface area contributed by atoms with Gasteiger partial charge in [0.2, 0.25) is 5.91 Å². The summed E-state index contributed by atoms with van der Waals surface area (Å²) >= 11 is 1.74. The normalized spacial score (nSPS) is 26.5. The van der Waals surface area contributed by atoms with Crippen LogP contribution in [0.25, 0.3) is 0 Å². The summed E-state index contributed by atoms with van der Waals surface area (Å²) in [5, 5.41) is 12.5. The van der Waals surface area contributed by atoms with Crippen LogP contribution in [0.1, 0.15) is 52.4 Å². The van der Waals surface area contributed by atoms with Crippen molar-refractivity contribution >= 4 is 17.7 Å². The third-order valence-corrected chi connectivity index (χ3v) is 4.52. The molecule has 0 aromatic rings. The Hall–Kier alpha value is -0.220. The molecule has 0 saturated heterocycles. The lowest BCUT2D eigenvalue weighted by Gasteiger charge is -2.27. The summed E-state index contributed by atoms with van der Waals surface area (Å²) in [6.07, 6.45) is 5.68. The van der Waals surface area contributed by atoms with E-state index in [1.54, 1.807) is 11.8 Å². The molecule has 0 radical (unpaired) electrons. The van der Waals surface area contributed by atoms with Crippen molar-refractivity contribution in [3.05, 3.63) is 0 Å². The molecule has 1 aliphatic carbocycles. The first-order valence-electron chi connectivity index (χ1n) is 6.73. The summed E-state index contributed by atoms with van der Waals surface area (Å²) < 4.78 is 0. The Morgan fingerprint density at radius 1 is 1.41 bits per heavy atom. The summed E-state index contributed by atoms with van der Waals surface area (Å²) in [5.74, 6) is 1.22. The topological polar surface area (TPSA) is 49.3 Å². The number of amides is 1. The number of carbonyl (C=O) groups excluding carboxylic acids is 1. The number of carbonyl (C=O) groups is 1. The Morgan fingerprint density at radius 2 is 2.06 bits per heavy atom. The van der Waals surface area contributed by atoms with E-state index in [-0.39, 0.29) is 23.3 Å². The zero-order chi connectivity index (χ0) is 12.7. The van der Waals surface area contributed by atoms with Crippen molar-refractivity contribution in [3.63, 3.8) is 0 Å². The molecule has 1 unspecified atom stereocenters. The fraction of sp³-hybridized carbons (Fsp3) is 0.923. The van der Waals surface area contributed by atoms with Crippen LogP contribution in [0.4, 0.5) is 0 Å². The summed E-state index contributed by atoms with van der Waals surface area (Å²) in [6.45, 7) is 4.14. The van der Waals surface area contributed by atoms with Crippen LogP contribution in [-0.2, 0) is 4.79 Å². The van der Waals surface area contributed by atoms with Gasteiger partial charge in [-0.05, 0) is 44.8 Å². The van der Waals surface area contributed by atoms with E-state index in [1.807, 2.05) is 6.92 Å². The van der Waals surface area contributed by atoms with E-state index < -0.39 is 0 Å². The van der Waals surface area contributed by atoms with Gasteiger partial charge < -0.3 is 10.4 Å². The number of nitrogens with one attached hydrogen (secondary N) is 1. The number of hydrogen-bond donors (Lipinski definition) is 2. The Bertz CT molecular complexity index is 227. The maximum Gasteiger partial charge on any atom is 0.233 e. The number of aliphatic hydroxyl groups is 1. The predicted octanol–water partition coefficient (Wildman–Crippen LogP) is 2.33. The maximum absolute atomic E-state index is 11.9. The monoisotopic (exact) mass is 259 g/mol. The Morgan fingerprint density at radius 3 is 2.65 bits per heavy atom. The van der Waals surface area contributed by atoms with E-state index in [0.29, 0.717) is 0 Å². The minimum absolute atomic E-state index is 0.0494. The highest BCUT2D eigenvalue weighted by atomic mass is 32.2. The third kappa shape index (κ3) is 5.77. The highest BCUT2D eigenvalue weighted by molar-refractivity contribution is 8.00. The van der Waals surface area contributed by atoms with Crippen molar-refractivity contribution in [2.24, 2.45) is 0 Å². The molecular weight excluding hydrogens is 234 g/mol. The van der Waals surface area contributed by atoms with Crippen molar-refractivity contribution in [3.8, 4) is 0 Å². The van der Waals surface area contributed by atoms with Gasteiger partial charge in [-0.3, -0.25) is 4.79 Å². The highest BCUT2D eigenvalue weighted by Gasteiger charge is 2.22. The smallest absolute Gasteiger partial charge is 0.233 e. The molecule has 100 valence electrons. The van der Waals surface area contributed by atoms with Crippen LogP contribution in [0.2, 0.25) is 0 Å². The predicted molar refractivity (Wildman–Crippen MR) is 73.2 cm³/mol. The number of aliphatic hydroxyl groups excluding tert-OH is 1. The van der Waals surface area contributed by atoms with Crippen LogP contribution in [0.3, 0.4) is 0 Å². The molecule has 1 fully saturated rings. The van der Waals surface area contributed by atoms with Crippen molar-refractivity contribution < 1.29 is 9.90 Å². The Kier molecular flexibility index (Phi) is 6.97. The number of thioether (sulfide) groups is 1. The molecule has 4 heteroatoms. The van der Waals surface area contributed by atoms with Gasteiger partial charge in [0.25, 0.3) is 0 Å². The fourth-order valence-corrected chi connectivity index (χ4v) is 3.05. The molecule has 0 aromatic carbocycles. The first-order chi connectivity index (χ1) is 8.13. The molecule has 0 aliphatic heterocycles. The second-order valence-electron chi connectivity index (χ2n) is 4.88. The summed E-state index contributed by atoms with van der Waals surface area (Å²) in [6, 6.07) is 0.278. The largest absolute Gasteiger partial charge is 0.393 e. The van der Waals surface area contributed by atoms with Crippen LogP contribution in [-0.4, -0.2) is 34.2 Å². The molecule has 17 heavy (non-hydrogen) atoms. The summed E-state index contributed by atoms with van der Waals surface area (Å²) in [5.41, 5.74) is 0. The average Bonchev–Trinajstić information content (AvgIpc) is 2.32. The van der Waals surface area contributed by atoms with Crippen LogP contribution in [0, 0.1) is 0 Å². The first kappa shape index (κ1) is 14.8. The van der Waals surface area contributed by atoms with E-state index in [0.717, 1.165) is 31.4 Å². The van der Waals surface area contributed by atoms with Crippen molar-refractivity contribution in [2.45, 2.75) is 69.8 Å². The van der Waals surface area contributed by atoms with Crippen LogP contribution in [0.15, 0.2) is 0 Å². The number of hydrogen-bond acceptors (Lipinski definition) is 3. The van der Waals surface area contributed by atoms with Gasteiger partial charge in [0.1, 0.15) is 0 Å². The van der Waals surface area contributed by atoms with Gasteiger partial charge in [-0.1, -0.05) is 13.3 Å². The van der Waals surface area contributed by atoms with Crippen LogP contribution in [0.5, 0.6) is 0 Å². The third-order valence-electron chi connectivity index (χ3n) is 3.28. The Balaban J connectivity index is 2.19. The quantitative estimate of drug-likeness (QED) is 0.720. The molecule has 1 atom stereocenters. The van der Waals surface area contributed by atoms with E-state index in [4.69, 9.17) is 0 Å². The molecule has 0 spiro atoms. The molecule has 1 aliphatic rings. The van der Waals surface area contributed by atoms with Gasteiger partial charge in [0.15, 0.2) is 0 Å². The lowest BCUT2D eigenvalue weighted by Crippen LogP contribution is -2.42. The number of unbranched alkanes of at least 4 members (excludes halogenated alkanes) is 1.